The van der Waals surface area contributed by atoms with Crippen LogP contribution in [0.5, 0.6) is 0 Å². The Morgan fingerprint density at radius 3 is 2.72 bits per heavy atom. The van der Waals surface area contributed by atoms with Gasteiger partial charge >= 0.3 is 6.18 Å². The van der Waals surface area contributed by atoms with E-state index in [1.54, 1.807) is 31.3 Å². The number of furan rings is 1. The minimum absolute atomic E-state index is 0.0273. The highest BCUT2D eigenvalue weighted by atomic mass is 32.1. The SMILES string of the molecule is Cc1sc(-c2ccco2)nc1C(=O)Nc1cc(C(F)(F)F)ccc1-n1cccn1. The van der Waals surface area contributed by atoms with Crippen molar-refractivity contribution in [3.63, 3.8) is 0 Å². The largest absolute Gasteiger partial charge is 0.462 e. The molecule has 0 spiro atoms. The average Bonchev–Trinajstić information content (AvgIpc) is 3.42. The van der Waals surface area contributed by atoms with Crippen LogP contribution < -0.4 is 5.32 Å². The maximum atomic E-state index is 13.2. The topological polar surface area (TPSA) is 73.0 Å². The van der Waals surface area contributed by atoms with Gasteiger partial charge in [0.15, 0.2) is 10.8 Å². The first-order valence-electron chi connectivity index (χ1n) is 8.37. The molecule has 0 aliphatic carbocycles. The summed E-state index contributed by atoms with van der Waals surface area (Å²) in [7, 11) is 0. The third kappa shape index (κ3) is 3.79. The van der Waals surface area contributed by atoms with Crippen LogP contribution >= 0.6 is 11.3 Å². The summed E-state index contributed by atoms with van der Waals surface area (Å²) in [6.45, 7) is 1.71. The predicted octanol–water partition coefficient (Wildman–Crippen LogP) is 5.17. The molecule has 4 rings (SSSR count). The van der Waals surface area contributed by atoms with Crippen molar-refractivity contribution in [3.05, 3.63) is 71.2 Å². The number of nitrogens with one attached hydrogen (secondary N) is 1. The van der Waals surface area contributed by atoms with E-state index in [-0.39, 0.29) is 11.4 Å². The van der Waals surface area contributed by atoms with E-state index < -0.39 is 17.6 Å². The molecule has 0 aliphatic heterocycles. The number of hydrogen-bond donors (Lipinski definition) is 1. The van der Waals surface area contributed by atoms with Crippen molar-refractivity contribution in [1.29, 1.82) is 0 Å². The number of hydrogen-bond acceptors (Lipinski definition) is 5. The summed E-state index contributed by atoms with van der Waals surface area (Å²) in [6.07, 6.45) is 0.000770. The minimum Gasteiger partial charge on any atom is -0.462 e. The smallest absolute Gasteiger partial charge is 0.416 e. The van der Waals surface area contributed by atoms with E-state index in [9.17, 15) is 18.0 Å². The predicted molar refractivity (Wildman–Crippen MR) is 101 cm³/mol. The zero-order valence-corrected chi connectivity index (χ0v) is 15.7. The molecule has 0 aliphatic rings. The average molecular weight is 418 g/mol. The summed E-state index contributed by atoms with van der Waals surface area (Å²) in [5, 5.41) is 7.08. The summed E-state index contributed by atoms with van der Waals surface area (Å²) in [5.74, 6) is -0.113. The summed E-state index contributed by atoms with van der Waals surface area (Å²) in [4.78, 5) is 17.7. The van der Waals surface area contributed by atoms with Gasteiger partial charge in [0, 0.05) is 17.3 Å². The Morgan fingerprint density at radius 2 is 2.07 bits per heavy atom. The third-order valence-corrected chi connectivity index (χ3v) is 5.05. The molecule has 1 N–H and O–H groups in total. The fraction of sp³-hybridized carbons (Fsp3) is 0.105. The number of halogens is 3. The second-order valence-electron chi connectivity index (χ2n) is 6.04. The van der Waals surface area contributed by atoms with E-state index >= 15 is 0 Å². The van der Waals surface area contributed by atoms with Crippen LogP contribution in [0.15, 0.2) is 59.5 Å². The van der Waals surface area contributed by atoms with Gasteiger partial charge in [0.05, 0.1) is 23.2 Å². The Morgan fingerprint density at radius 1 is 1.24 bits per heavy atom. The van der Waals surface area contributed by atoms with Crippen molar-refractivity contribution >= 4 is 22.9 Å². The summed E-state index contributed by atoms with van der Waals surface area (Å²) in [6, 6.07) is 8.12. The molecule has 0 unspecified atom stereocenters. The van der Waals surface area contributed by atoms with E-state index in [2.05, 4.69) is 15.4 Å². The Balaban J connectivity index is 1.70. The number of alkyl halides is 3. The maximum Gasteiger partial charge on any atom is 0.416 e. The first-order chi connectivity index (χ1) is 13.8. The lowest BCUT2D eigenvalue weighted by Crippen LogP contribution is -2.16. The van der Waals surface area contributed by atoms with E-state index in [0.717, 1.165) is 12.1 Å². The molecule has 0 saturated carbocycles. The lowest BCUT2D eigenvalue weighted by molar-refractivity contribution is -0.137. The molecule has 0 atom stereocenters. The molecule has 4 aromatic rings. The van der Waals surface area contributed by atoms with Crippen molar-refractivity contribution in [2.24, 2.45) is 0 Å². The van der Waals surface area contributed by atoms with Crippen LogP contribution in [0.3, 0.4) is 0 Å². The Labute approximate surface area is 166 Å². The zero-order chi connectivity index (χ0) is 20.6. The van der Waals surface area contributed by atoms with Crippen molar-refractivity contribution in [2.75, 3.05) is 5.32 Å². The number of amides is 1. The number of carbonyl (C=O) groups excluding carboxylic acids is 1. The summed E-state index contributed by atoms with van der Waals surface area (Å²) >= 11 is 1.26. The van der Waals surface area contributed by atoms with Crippen LogP contribution in [0.4, 0.5) is 18.9 Å². The van der Waals surface area contributed by atoms with Crippen molar-refractivity contribution < 1.29 is 22.4 Å². The number of anilines is 1. The van der Waals surface area contributed by atoms with Crippen LogP contribution in [0, 0.1) is 6.92 Å². The van der Waals surface area contributed by atoms with Crippen LogP contribution in [-0.4, -0.2) is 20.7 Å². The molecule has 10 heteroatoms. The number of rotatable bonds is 4. The van der Waals surface area contributed by atoms with E-state index in [1.807, 2.05) is 0 Å². The van der Waals surface area contributed by atoms with Gasteiger partial charge in [-0.05, 0) is 43.3 Å². The van der Waals surface area contributed by atoms with Gasteiger partial charge in [0.25, 0.3) is 5.91 Å². The maximum absolute atomic E-state index is 13.2. The second kappa shape index (κ2) is 7.21. The molecular formula is C19H13F3N4O2S. The molecule has 1 aromatic carbocycles. The first kappa shape index (κ1) is 18.9. The fourth-order valence-electron chi connectivity index (χ4n) is 2.72. The van der Waals surface area contributed by atoms with Crippen LogP contribution in [0.1, 0.15) is 20.9 Å². The van der Waals surface area contributed by atoms with Crippen molar-refractivity contribution in [1.82, 2.24) is 14.8 Å². The van der Waals surface area contributed by atoms with Gasteiger partial charge in [0.2, 0.25) is 0 Å². The third-order valence-electron chi connectivity index (χ3n) is 4.07. The number of carbonyl (C=O) groups is 1. The van der Waals surface area contributed by atoms with E-state index in [4.69, 9.17) is 4.42 Å². The first-order valence-corrected chi connectivity index (χ1v) is 9.18. The molecule has 3 heterocycles. The number of aromatic nitrogens is 3. The van der Waals surface area contributed by atoms with Gasteiger partial charge in [0.1, 0.15) is 5.69 Å². The molecule has 0 fully saturated rings. The highest BCUT2D eigenvalue weighted by Gasteiger charge is 2.31. The molecule has 0 bridgehead atoms. The number of aryl methyl sites for hydroxylation is 1. The molecule has 0 saturated heterocycles. The van der Waals surface area contributed by atoms with Crippen LogP contribution in [-0.2, 0) is 6.18 Å². The van der Waals surface area contributed by atoms with Crippen LogP contribution in [0.25, 0.3) is 16.5 Å². The molecule has 3 aromatic heterocycles. The minimum atomic E-state index is -4.55. The van der Waals surface area contributed by atoms with Gasteiger partial charge in [-0.2, -0.15) is 18.3 Å². The molecule has 0 radical (unpaired) electrons. The molecule has 29 heavy (non-hydrogen) atoms. The summed E-state index contributed by atoms with van der Waals surface area (Å²) < 4.78 is 46.2. The fourth-order valence-corrected chi connectivity index (χ4v) is 3.60. The zero-order valence-electron chi connectivity index (χ0n) is 14.9. The van der Waals surface area contributed by atoms with Crippen molar-refractivity contribution in [2.45, 2.75) is 13.1 Å². The second-order valence-corrected chi connectivity index (χ2v) is 7.24. The van der Waals surface area contributed by atoms with Crippen molar-refractivity contribution in [3.8, 4) is 16.5 Å². The van der Waals surface area contributed by atoms with Gasteiger partial charge in [-0.25, -0.2) is 9.67 Å². The van der Waals surface area contributed by atoms with E-state index in [1.165, 1.54) is 34.5 Å². The Hall–Kier alpha value is -3.40. The Bertz CT molecular complexity index is 1150. The highest BCUT2D eigenvalue weighted by Crippen LogP contribution is 2.34. The summed E-state index contributed by atoms with van der Waals surface area (Å²) in [5.41, 5.74) is -0.490. The van der Waals surface area contributed by atoms with E-state index in [0.29, 0.717) is 21.3 Å². The lowest BCUT2D eigenvalue weighted by atomic mass is 10.1. The molecule has 1 amide bonds. The quantitative estimate of drug-likeness (QED) is 0.496. The lowest BCUT2D eigenvalue weighted by Gasteiger charge is -2.14. The van der Waals surface area contributed by atoms with Gasteiger partial charge in [-0.3, -0.25) is 4.79 Å². The standard InChI is InChI=1S/C19H13F3N4O2S/c1-11-16(25-18(29-11)15-4-2-9-28-15)17(27)24-13-10-12(19(20,21)22)5-6-14(13)26-8-3-7-23-26/h2-10H,1H3,(H,24,27). The Kier molecular flexibility index (Phi) is 4.71. The highest BCUT2D eigenvalue weighted by molar-refractivity contribution is 7.15. The van der Waals surface area contributed by atoms with Gasteiger partial charge in [-0.1, -0.05) is 0 Å². The number of thiazole rings is 1. The number of benzene rings is 1. The van der Waals surface area contributed by atoms with Gasteiger partial charge < -0.3 is 9.73 Å². The van der Waals surface area contributed by atoms with Gasteiger partial charge in [-0.15, -0.1) is 11.3 Å². The van der Waals surface area contributed by atoms with Crippen LogP contribution in [0.2, 0.25) is 0 Å². The monoisotopic (exact) mass is 418 g/mol. The molecular weight excluding hydrogens is 405 g/mol. The number of nitrogens with zero attached hydrogens (tertiary/aromatic N) is 3. The normalized spacial score (nSPS) is 11.6. The molecule has 148 valence electrons. The molecule has 6 nitrogen and oxygen atoms in total.